The first kappa shape index (κ1) is 21.0. The lowest BCUT2D eigenvalue weighted by Gasteiger charge is -2.13. The Hall–Kier alpha value is -5.29. The van der Waals surface area contributed by atoms with Crippen molar-refractivity contribution in [1.82, 2.24) is 14.6 Å². The fraction of sp³-hybridized carbons (Fsp3) is 0.0455. The van der Waals surface area contributed by atoms with E-state index < -0.39 is 10.5 Å². The van der Waals surface area contributed by atoms with Crippen LogP contribution in [0.3, 0.4) is 0 Å². The van der Waals surface area contributed by atoms with E-state index in [1.165, 1.54) is 24.3 Å². The summed E-state index contributed by atoms with van der Waals surface area (Å²) in [7, 11) is 0. The number of nitriles is 2. The van der Waals surface area contributed by atoms with Gasteiger partial charge in [-0.2, -0.15) is 20.3 Å². The van der Waals surface area contributed by atoms with E-state index in [1.807, 2.05) is 36.4 Å². The fourth-order valence-electron chi connectivity index (χ4n) is 3.36. The summed E-state index contributed by atoms with van der Waals surface area (Å²) in [4.78, 5) is 30.9. The van der Waals surface area contributed by atoms with Gasteiger partial charge in [-0.3, -0.25) is 14.9 Å². The van der Waals surface area contributed by atoms with Gasteiger partial charge in [-0.15, -0.1) is 0 Å². The van der Waals surface area contributed by atoms with Crippen molar-refractivity contribution in [1.29, 1.82) is 10.5 Å². The van der Waals surface area contributed by atoms with Crippen LogP contribution in [-0.4, -0.2) is 25.3 Å². The first-order chi connectivity index (χ1) is 15.8. The number of nitrogens with one attached hydrogen (secondary N) is 1. The highest BCUT2D eigenvalue weighted by Crippen LogP contribution is 2.30. The van der Waals surface area contributed by atoms with E-state index >= 15 is 0 Å². The number of nitrogens with two attached hydrogens (primary N) is 1. The molecular formula is C22H14N8O3. The Morgan fingerprint density at radius 2 is 1.82 bits per heavy atom. The van der Waals surface area contributed by atoms with E-state index in [9.17, 15) is 25.4 Å². The minimum absolute atomic E-state index is 0.00904. The minimum Gasteiger partial charge on any atom is -0.382 e. The smallest absolute Gasteiger partial charge is 0.291 e. The first-order valence-corrected chi connectivity index (χ1v) is 9.50. The lowest BCUT2D eigenvalue weighted by molar-refractivity contribution is -0.384. The van der Waals surface area contributed by atoms with E-state index in [2.05, 4.69) is 15.1 Å². The number of para-hydroxylation sites is 2. The number of non-ortho nitro benzene ring substituents is 1. The standard InChI is InChI=1S/C22H14N8O3/c1-12(21-26-17-4-2-3-5-18(17)27-21)28-29-20(25)15(10-23)19(16(11-24)22(29)31)13-6-8-14(9-7-13)30(32)33/h2-9H,25H2,1H3,(H,26,27)/b28-12+. The number of hydrogen-bond acceptors (Lipinski definition) is 8. The monoisotopic (exact) mass is 438 g/mol. The molecule has 2 aromatic heterocycles. The number of nitrogen functional groups attached to an aromatic ring is 1. The molecule has 11 nitrogen and oxygen atoms in total. The number of aromatic nitrogens is 3. The van der Waals surface area contributed by atoms with Gasteiger partial charge >= 0.3 is 0 Å². The number of imidazole rings is 1. The maximum Gasteiger partial charge on any atom is 0.291 e. The molecule has 11 heteroatoms. The van der Waals surface area contributed by atoms with Gasteiger partial charge in [0.05, 0.1) is 16.0 Å². The summed E-state index contributed by atoms with van der Waals surface area (Å²) in [6.45, 7) is 1.60. The molecule has 33 heavy (non-hydrogen) atoms. The van der Waals surface area contributed by atoms with Crippen LogP contribution in [0.2, 0.25) is 0 Å². The van der Waals surface area contributed by atoms with Crippen LogP contribution in [0.4, 0.5) is 11.5 Å². The molecule has 4 rings (SSSR count). The SMILES string of the molecule is C/C(=N\n1c(N)c(C#N)c(-c2ccc([N+](=O)[O-])cc2)c(C#N)c1=O)c1nc2ccccc2[nH]1. The lowest BCUT2D eigenvalue weighted by Crippen LogP contribution is -2.26. The number of nitro groups is 1. The van der Waals surface area contributed by atoms with Crippen LogP contribution in [0.25, 0.3) is 22.2 Å². The number of hydrogen-bond donors (Lipinski definition) is 2. The van der Waals surface area contributed by atoms with Crippen molar-refractivity contribution in [3.8, 4) is 23.3 Å². The van der Waals surface area contributed by atoms with E-state index in [0.717, 1.165) is 10.2 Å². The van der Waals surface area contributed by atoms with Crippen molar-refractivity contribution in [2.75, 3.05) is 5.73 Å². The predicted molar refractivity (Wildman–Crippen MR) is 120 cm³/mol. The topological polar surface area (TPSA) is 180 Å². The normalized spacial score (nSPS) is 11.2. The van der Waals surface area contributed by atoms with Gasteiger partial charge in [-0.05, 0) is 36.8 Å². The third-order valence-electron chi connectivity index (χ3n) is 4.96. The largest absolute Gasteiger partial charge is 0.382 e. The highest BCUT2D eigenvalue weighted by molar-refractivity contribution is 5.98. The van der Waals surface area contributed by atoms with Gasteiger partial charge in [0.1, 0.15) is 34.8 Å². The van der Waals surface area contributed by atoms with Crippen molar-refractivity contribution in [3.63, 3.8) is 0 Å². The molecule has 0 unspecified atom stereocenters. The Kier molecular flexibility index (Phi) is 5.14. The molecule has 0 aliphatic rings. The van der Waals surface area contributed by atoms with Crippen LogP contribution >= 0.6 is 0 Å². The van der Waals surface area contributed by atoms with Crippen LogP contribution in [0.5, 0.6) is 0 Å². The van der Waals surface area contributed by atoms with Crippen molar-refractivity contribution >= 4 is 28.3 Å². The third kappa shape index (κ3) is 3.56. The summed E-state index contributed by atoms with van der Waals surface area (Å²) in [6.07, 6.45) is 0. The van der Waals surface area contributed by atoms with Gasteiger partial charge < -0.3 is 10.7 Å². The Balaban J connectivity index is 1.92. The molecule has 2 heterocycles. The van der Waals surface area contributed by atoms with Crippen molar-refractivity contribution < 1.29 is 4.92 Å². The Morgan fingerprint density at radius 1 is 1.15 bits per heavy atom. The minimum atomic E-state index is -0.835. The Bertz CT molecular complexity index is 1570. The zero-order valence-corrected chi connectivity index (χ0v) is 17.1. The highest BCUT2D eigenvalue weighted by atomic mass is 16.6. The second-order valence-corrected chi connectivity index (χ2v) is 6.94. The molecule has 3 N–H and O–H groups in total. The van der Waals surface area contributed by atoms with Crippen LogP contribution in [0.1, 0.15) is 23.9 Å². The average molecular weight is 438 g/mol. The summed E-state index contributed by atoms with van der Waals surface area (Å²) in [5, 5.41) is 34.6. The fourth-order valence-corrected chi connectivity index (χ4v) is 3.36. The third-order valence-corrected chi connectivity index (χ3v) is 4.96. The molecule has 160 valence electrons. The van der Waals surface area contributed by atoms with Crippen LogP contribution in [0, 0.1) is 32.8 Å². The number of pyridine rings is 1. The zero-order chi connectivity index (χ0) is 23.7. The van der Waals surface area contributed by atoms with E-state index in [4.69, 9.17) is 5.73 Å². The van der Waals surface area contributed by atoms with E-state index in [-0.39, 0.29) is 33.8 Å². The second-order valence-electron chi connectivity index (χ2n) is 6.94. The summed E-state index contributed by atoms with van der Waals surface area (Å²) in [5.41, 5.74) is 6.62. The van der Waals surface area contributed by atoms with Gasteiger partial charge in [0.2, 0.25) is 0 Å². The van der Waals surface area contributed by atoms with Crippen LogP contribution in [0.15, 0.2) is 58.4 Å². The Morgan fingerprint density at radius 3 is 2.42 bits per heavy atom. The number of rotatable bonds is 4. The van der Waals surface area contributed by atoms with E-state index in [0.29, 0.717) is 17.1 Å². The summed E-state index contributed by atoms with van der Waals surface area (Å²) >= 11 is 0. The van der Waals surface area contributed by atoms with Gasteiger partial charge in [0, 0.05) is 17.7 Å². The number of benzene rings is 2. The quantitative estimate of drug-likeness (QED) is 0.279. The summed E-state index contributed by atoms with van der Waals surface area (Å²) < 4.78 is 0.786. The van der Waals surface area contributed by atoms with E-state index in [1.54, 1.807) is 6.92 Å². The predicted octanol–water partition coefficient (Wildman–Crippen LogP) is 2.90. The molecule has 0 saturated carbocycles. The number of nitro benzene ring substituents is 1. The average Bonchev–Trinajstić information content (AvgIpc) is 3.26. The maximum absolute atomic E-state index is 13.1. The molecule has 0 spiro atoms. The Labute approximate surface area is 185 Å². The maximum atomic E-state index is 13.1. The molecule has 0 fully saturated rings. The molecule has 4 aromatic rings. The molecule has 0 aliphatic heterocycles. The molecular weight excluding hydrogens is 424 g/mol. The zero-order valence-electron chi connectivity index (χ0n) is 17.1. The molecule has 0 amide bonds. The molecule has 0 radical (unpaired) electrons. The summed E-state index contributed by atoms with van der Waals surface area (Å²) in [5.74, 6) is 0.115. The number of anilines is 1. The van der Waals surface area contributed by atoms with Gasteiger partial charge in [-0.25, -0.2) is 4.98 Å². The molecule has 0 aliphatic carbocycles. The number of H-pyrrole nitrogens is 1. The summed E-state index contributed by atoms with van der Waals surface area (Å²) in [6, 6.07) is 16.2. The van der Waals surface area contributed by atoms with Crippen molar-refractivity contribution in [2.45, 2.75) is 6.92 Å². The lowest BCUT2D eigenvalue weighted by atomic mass is 9.96. The highest BCUT2D eigenvalue weighted by Gasteiger charge is 2.23. The van der Waals surface area contributed by atoms with Crippen LogP contribution < -0.4 is 11.3 Å². The first-order valence-electron chi connectivity index (χ1n) is 9.50. The molecule has 2 aromatic carbocycles. The number of fused-ring (bicyclic) bond motifs is 1. The number of nitrogens with zero attached hydrogens (tertiary/aromatic N) is 6. The van der Waals surface area contributed by atoms with Gasteiger partial charge in [-0.1, -0.05) is 12.1 Å². The molecule has 0 atom stereocenters. The molecule has 0 bridgehead atoms. The van der Waals surface area contributed by atoms with Crippen LogP contribution in [-0.2, 0) is 0 Å². The van der Waals surface area contributed by atoms with Crippen molar-refractivity contribution in [3.05, 3.63) is 86.0 Å². The second kappa shape index (κ2) is 8.09. The van der Waals surface area contributed by atoms with Gasteiger partial charge in [0.15, 0.2) is 5.82 Å². The molecule has 0 saturated heterocycles. The number of aromatic amines is 1. The van der Waals surface area contributed by atoms with Crippen molar-refractivity contribution in [2.24, 2.45) is 5.10 Å². The van der Waals surface area contributed by atoms with Gasteiger partial charge in [0.25, 0.3) is 11.2 Å².